The van der Waals surface area contributed by atoms with Gasteiger partial charge in [-0.25, -0.2) is 9.59 Å². The number of aromatic hydroxyl groups is 1. The molecule has 1 saturated carbocycles. The molecule has 4 aromatic carbocycles. The fourth-order valence-electron chi connectivity index (χ4n) is 10.2. The van der Waals surface area contributed by atoms with Gasteiger partial charge in [0.25, 0.3) is 0 Å². The molecule has 3 aliphatic heterocycles. The van der Waals surface area contributed by atoms with Gasteiger partial charge in [-0.1, -0.05) is 79.9 Å². The summed E-state index contributed by atoms with van der Waals surface area (Å²) in [5.41, 5.74) is 3.39. The summed E-state index contributed by atoms with van der Waals surface area (Å²) in [6.45, 7) is 4.78. The summed E-state index contributed by atoms with van der Waals surface area (Å²) in [4.78, 5) is 57.6. The number of amides is 2. The van der Waals surface area contributed by atoms with Gasteiger partial charge in [-0.3, -0.25) is 14.5 Å². The lowest BCUT2D eigenvalue weighted by Crippen LogP contribution is -2.52. The molecule has 4 heterocycles. The minimum Gasteiger partial charge on any atom is -0.506 e. The van der Waals surface area contributed by atoms with Crippen LogP contribution in [0.4, 0.5) is 4.79 Å². The average Bonchev–Trinajstić information content (AvgIpc) is 3.36. The van der Waals surface area contributed by atoms with Crippen molar-refractivity contribution in [2.75, 3.05) is 45.9 Å². The number of hydrogen-bond donors (Lipinski definition) is 5. The van der Waals surface area contributed by atoms with Crippen molar-refractivity contribution in [2.45, 2.75) is 94.6 Å². The standard InChI is InChI=1S/C53H63N5O9/c59-36-58(53(24-5-2-6-25-53)26-8-27-54-33-46(61)43-18-20-45(60)50-44(43)19-21-48(62)55-50)28-9-31-65-51(63)40-16-14-37(15-17-40)35-66-42-13-7-12-41(32-42)49(39-10-3-1-4-11-39)56-52(64)67-47-34-57-29-22-38(47)23-30-57/h1,3-4,7,10-21,32,36,38,46-47,49,54,60-61H,2,5-6,8-9,22-31,33-35H2,(H,55,62)(H,56,64)/t46-,47+,49?/m1/s1. The highest BCUT2D eigenvalue weighted by Gasteiger charge is 2.38. The number of carbonyl (C=O) groups excluding carboxylic acids is 3. The molecule has 3 atom stereocenters. The van der Waals surface area contributed by atoms with Crippen LogP contribution in [-0.2, 0) is 20.9 Å². The second-order valence-electron chi connectivity index (χ2n) is 18.3. The molecule has 5 N–H and O–H groups in total. The van der Waals surface area contributed by atoms with Gasteiger partial charge >= 0.3 is 12.1 Å². The number of aliphatic hydroxyl groups excluding tert-OH is 1. The average molecular weight is 914 g/mol. The summed E-state index contributed by atoms with van der Waals surface area (Å²) < 4.78 is 17.8. The number of H-pyrrole nitrogens is 1. The van der Waals surface area contributed by atoms with Crippen LogP contribution in [0.25, 0.3) is 10.9 Å². The Bertz CT molecular complexity index is 2480. The number of alkyl carbamates (subject to hydrolysis) is 1. The normalized spacial score (nSPS) is 19.5. The lowest BCUT2D eigenvalue weighted by molar-refractivity contribution is -0.126. The van der Waals surface area contributed by atoms with Gasteiger partial charge in [-0.05, 0) is 129 Å². The fraction of sp³-hybridized carbons (Fsp3) is 0.434. The van der Waals surface area contributed by atoms with E-state index in [4.69, 9.17) is 14.2 Å². The molecule has 0 spiro atoms. The number of pyridine rings is 1. The Morgan fingerprint density at radius 1 is 0.910 bits per heavy atom. The topological polar surface area (TPSA) is 183 Å². The smallest absolute Gasteiger partial charge is 0.408 e. The maximum absolute atomic E-state index is 13.3. The number of phenols is 1. The Labute approximate surface area is 391 Å². The first-order valence-corrected chi connectivity index (χ1v) is 23.9. The molecule has 1 unspecified atom stereocenters. The van der Waals surface area contributed by atoms with Gasteiger partial charge in [-0.15, -0.1) is 0 Å². The number of hydrogen-bond acceptors (Lipinski definition) is 11. The zero-order chi connectivity index (χ0) is 46.6. The molecule has 3 saturated heterocycles. The molecular formula is C53H63N5O9. The van der Waals surface area contributed by atoms with Crippen molar-refractivity contribution in [1.82, 2.24) is 25.4 Å². The van der Waals surface area contributed by atoms with E-state index in [0.717, 1.165) is 101 Å². The first-order chi connectivity index (χ1) is 32.7. The van der Waals surface area contributed by atoms with E-state index in [1.807, 2.05) is 71.6 Å². The van der Waals surface area contributed by atoms with E-state index >= 15 is 0 Å². The minimum atomic E-state index is -0.851. The van der Waals surface area contributed by atoms with Crippen molar-refractivity contribution in [1.29, 1.82) is 0 Å². The Morgan fingerprint density at radius 3 is 2.43 bits per heavy atom. The number of carbonyl (C=O) groups is 3. The van der Waals surface area contributed by atoms with Crippen LogP contribution in [0.15, 0.2) is 108 Å². The second kappa shape index (κ2) is 22.5. The summed E-state index contributed by atoms with van der Waals surface area (Å²) in [5, 5.41) is 28.2. The van der Waals surface area contributed by atoms with Crippen LogP contribution in [0.3, 0.4) is 0 Å². The number of esters is 1. The summed E-state index contributed by atoms with van der Waals surface area (Å²) in [7, 11) is 0. The Morgan fingerprint density at radius 2 is 1.69 bits per heavy atom. The molecule has 14 heteroatoms. The predicted molar refractivity (Wildman–Crippen MR) is 255 cm³/mol. The van der Waals surface area contributed by atoms with Crippen LogP contribution in [0.2, 0.25) is 0 Å². The molecular weight excluding hydrogens is 851 g/mol. The van der Waals surface area contributed by atoms with E-state index in [-0.39, 0.29) is 42.7 Å². The number of aromatic amines is 1. The van der Waals surface area contributed by atoms with Crippen molar-refractivity contribution < 1.29 is 38.8 Å². The van der Waals surface area contributed by atoms with Crippen LogP contribution >= 0.6 is 0 Å². The van der Waals surface area contributed by atoms with Crippen molar-refractivity contribution >= 4 is 29.4 Å². The monoisotopic (exact) mass is 913 g/mol. The van der Waals surface area contributed by atoms with Gasteiger partial charge in [0.15, 0.2) is 0 Å². The number of benzene rings is 4. The Balaban J connectivity index is 0.781. The Hall–Kier alpha value is -6.22. The van der Waals surface area contributed by atoms with E-state index < -0.39 is 24.2 Å². The fourth-order valence-corrected chi connectivity index (χ4v) is 10.2. The molecule has 9 rings (SSSR count). The number of piperidine rings is 3. The van der Waals surface area contributed by atoms with Gasteiger partial charge in [0.05, 0.1) is 29.8 Å². The van der Waals surface area contributed by atoms with Crippen molar-refractivity contribution in [2.24, 2.45) is 5.92 Å². The van der Waals surface area contributed by atoms with Gasteiger partial charge in [0.2, 0.25) is 12.0 Å². The molecule has 1 aliphatic carbocycles. The van der Waals surface area contributed by atoms with Gasteiger partial charge in [0.1, 0.15) is 24.2 Å². The number of nitrogens with one attached hydrogen (secondary N) is 3. The highest BCUT2D eigenvalue weighted by Crippen LogP contribution is 2.37. The lowest BCUT2D eigenvalue weighted by Gasteiger charge is -2.45. The number of fused-ring (bicyclic) bond motifs is 4. The highest BCUT2D eigenvalue weighted by molar-refractivity contribution is 5.89. The molecule has 67 heavy (non-hydrogen) atoms. The SMILES string of the molecule is O=CN(CCCOC(=O)c1ccc(COc2cccc(C(NC(=O)O[C@H]3CN4CCC3CC4)c3ccccc3)c2)cc1)C1(CCCNC[C@@H](O)c2ccc(O)c3[nH]c(=O)ccc23)CCCCC1. The molecule has 14 nitrogen and oxygen atoms in total. The maximum Gasteiger partial charge on any atom is 0.408 e. The largest absolute Gasteiger partial charge is 0.506 e. The lowest BCUT2D eigenvalue weighted by atomic mass is 9.77. The van der Waals surface area contributed by atoms with E-state index in [9.17, 15) is 29.4 Å². The number of ether oxygens (including phenoxy) is 3. The van der Waals surface area contributed by atoms with E-state index in [1.165, 1.54) is 12.1 Å². The number of phenolic OH excluding ortho intramolecular Hbond substituents is 1. The molecule has 5 aromatic rings. The highest BCUT2D eigenvalue weighted by atomic mass is 16.6. The summed E-state index contributed by atoms with van der Waals surface area (Å²) in [5.74, 6) is 0.568. The summed E-state index contributed by atoms with van der Waals surface area (Å²) >= 11 is 0. The predicted octanol–water partition coefficient (Wildman–Crippen LogP) is 7.53. The van der Waals surface area contributed by atoms with Crippen LogP contribution in [0.1, 0.15) is 109 Å². The zero-order valence-electron chi connectivity index (χ0n) is 38.1. The summed E-state index contributed by atoms with van der Waals surface area (Å²) in [6, 6.07) is 30.3. The molecule has 1 aromatic heterocycles. The number of nitrogens with zero attached hydrogens (tertiary/aromatic N) is 2. The minimum absolute atomic E-state index is 0.0522. The molecule has 354 valence electrons. The van der Waals surface area contributed by atoms with E-state index in [2.05, 4.69) is 20.5 Å². The Kier molecular flexibility index (Phi) is 15.9. The molecule has 2 amide bonds. The van der Waals surface area contributed by atoms with Gasteiger partial charge in [0, 0.05) is 36.6 Å². The van der Waals surface area contributed by atoms with E-state index in [0.29, 0.717) is 53.2 Å². The third-order valence-corrected chi connectivity index (χ3v) is 13.9. The van der Waals surface area contributed by atoms with E-state index in [1.54, 1.807) is 24.3 Å². The van der Waals surface area contributed by atoms with Crippen LogP contribution in [0.5, 0.6) is 11.5 Å². The zero-order valence-corrected chi connectivity index (χ0v) is 38.1. The number of aliphatic hydroxyl groups is 1. The molecule has 2 bridgehead atoms. The van der Waals surface area contributed by atoms with Gasteiger partial charge < -0.3 is 44.9 Å². The molecule has 0 radical (unpaired) electrons. The maximum atomic E-state index is 13.3. The van der Waals surface area contributed by atoms with Crippen LogP contribution in [0, 0.1) is 5.92 Å². The number of aromatic nitrogens is 1. The third-order valence-electron chi connectivity index (χ3n) is 13.9. The first kappa shape index (κ1) is 47.3. The summed E-state index contributed by atoms with van der Waals surface area (Å²) in [6.07, 6.45) is 8.84. The number of rotatable bonds is 21. The third kappa shape index (κ3) is 12.0. The first-order valence-electron chi connectivity index (χ1n) is 23.9. The van der Waals surface area contributed by atoms with Gasteiger partial charge in [-0.2, -0.15) is 0 Å². The van der Waals surface area contributed by atoms with Crippen LogP contribution < -0.4 is 20.9 Å². The van der Waals surface area contributed by atoms with Crippen molar-refractivity contribution in [3.63, 3.8) is 0 Å². The van der Waals surface area contributed by atoms with Crippen LogP contribution in [-0.4, -0.2) is 101 Å². The second-order valence-corrected chi connectivity index (χ2v) is 18.3. The quantitative estimate of drug-likeness (QED) is 0.0279. The van der Waals surface area contributed by atoms with Crippen molar-refractivity contribution in [3.05, 3.63) is 141 Å². The van der Waals surface area contributed by atoms with Crippen molar-refractivity contribution in [3.8, 4) is 11.5 Å². The molecule has 4 fully saturated rings. The molecule has 4 aliphatic rings.